The van der Waals surface area contributed by atoms with Crippen LogP contribution in [0.1, 0.15) is 11.4 Å². The molecule has 0 fully saturated rings. The van der Waals surface area contributed by atoms with Crippen molar-refractivity contribution in [3.63, 3.8) is 0 Å². The van der Waals surface area contributed by atoms with Crippen molar-refractivity contribution in [3.05, 3.63) is 40.1 Å². The van der Waals surface area contributed by atoms with Crippen LogP contribution in [0.4, 0.5) is 0 Å². The van der Waals surface area contributed by atoms with Gasteiger partial charge in [0.2, 0.25) is 5.91 Å². The lowest BCUT2D eigenvalue weighted by molar-refractivity contribution is -0.118. The molecule has 1 aromatic carbocycles. The first-order valence-corrected chi connectivity index (χ1v) is 8.46. The van der Waals surface area contributed by atoms with Crippen LogP contribution >= 0.6 is 11.8 Å². The Morgan fingerprint density at radius 3 is 2.75 bits per heavy atom. The summed E-state index contributed by atoms with van der Waals surface area (Å²) in [6, 6.07) is 5.68. The molecule has 2 aromatic rings. The first kappa shape index (κ1) is 17.9. The van der Waals surface area contributed by atoms with E-state index >= 15 is 0 Å². The van der Waals surface area contributed by atoms with Crippen LogP contribution in [0.3, 0.4) is 0 Å². The van der Waals surface area contributed by atoms with Crippen LogP contribution in [-0.2, 0) is 17.0 Å². The molecule has 0 radical (unpaired) electrons. The van der Waals surface area contributed by atoms with Crippen molar-refractivity contribution in [2.75, 3.05) is 26.5 Å². The monoisotopic (exact) mass is 352 g/mol. The predicted octanol–water partition coefficient (Wildman–Crippen LogP) is 0.707. The van der Waals surface area contributed by atoms with Crippen LogP contribution < -0.4 is 20.5 Å². The molecule has 1 heterocycles. The minimum absolute atomic E-state index is 0.0571. The third kappa shape index (κ3) is 5.34. The first-order valence-electron chi connectivity index (χ1n) is 7.31. The molecule has 0 aliphatic rings. The molecule has 0 saturated carbocycles. The van der Waals surface area contributed by atoms with Crippen molar-refractivity contribution in [1.29, 1.82) is 0 Å². The number of carbonyl (C=O) groups excluding carboxylic acids is 1. The molecule has 0 saturated heterocycles. The highest BCUT2D eigenvalue weighted by atomic mass is 32.2. The summed E-state index contributed by atoms with van der Waals surface area (Å²) in [4.78, 5) is 25.2. The Hall–Kier alpha value is -2.42. The van der Waals surface area contributed by atoms with E-state index in [-0.39, 0.29) is 11.6 Å². The average molecular weight is 352 g/mol. The van der Waals surface area contributed by atoms with Crippen molar-refractivity contribution in [1.82, 2.24) is 20.5 Å². The molecular formula is C15H20N4O4S. The molecule has 0 unspecified atom stereocenters. The van der Waals surface area contributed by atoms with Gasteiger partial charge in [-0.05, 0) is 24.1 Å². The van der Waals surface area contributed by atoms with E-state index in [9.17, 15) is 9.59 Å². The summed E-state index contributed by atoms with van der Waals surface area (Å²) in [7, 11) is 3.18. The molecule has 0 aliphatic carbocycles. The van der Waals surface area contributed by atoms with Gasteiger partial charge in [0.05, 0.1) is 25.7 Å². The first-order chi connectivity index (χ1) is 11.6. The molecule has 0 aliphatic heterocycles. The molecule has 0 bridgehead atoms. The minimum Gasteiger partial charge on any atom is -0.493 e. The summed E-state index contributed by atoms with van der Waals surface area (Å²) in [5.74, 6) is 2.60. The minimum atomic E-state index is -0.343. The Bertz CT molecular complexity index is 728. The number of hydrogen-bond acceptors (Lipinski definition) is 6. The molecule has 8 nitrogen and oxygen atoms in total. The molecule has 1 aromatic heterocycles. The topological polar surface area (TPSA) is 109 Å². The Kier molecular flexibility index (Phi) is 6.74. The van der Waals surface area contributed by atoms with Gasteiger partial charge in [-0.3, -0.25) is 9.78 Å². The van der Waals surface area contributed by atoms with Crippen molar-refractivity contribution in [3.8, 4) is 11.5 Å². The van der Waals surface area contributed by atoms with Gasteiger partial charge in [0.1, 0.15) is 5.82 Å². The number of nitrogens with one attached hydrogen (secondary N) is 3. The third-order valence-electron chi connectivity index (χ3n) is 3.21. The highest BCUT2D eigenvalue weighted by molar-refractivity contribution is 7.99. The summed E-state index contributed by atoms with van der Waals surface area (Å²) in [6.07, 6.45) is 0.698. The number of amides is 1. The molecule has 130 valence electrons. The number of hydrogen-bond donors (Lipinski definition) is 3. The van der Waals surface area contributed by atoms with E-state index in [4.69, 9.17) is 9.47 Å². The molecule has 1 amide bonds. The van der Waals surface area contributed by atoms with Crippen LogP contribution in [0, 0.1) is 0 Å². The number of rotatable bonds is 9. The number of nitrogens with zero attached hydrogens (tertiary/aromatic N) is 1. The van der Waals surface area contributed by atoms with Crippen molar-refractivity contribution in [2.24, 2.45) is 0 Å². The van der Waals surface area contributed by atoms with Gasteiger partial charge >= 0.3 is 5.69 Å². The Morgan fingerprint density at radius 2 is 2.08 bits per heavy atom. The fourth-order valence-electron chi connectivity index (χ4n) is 2.05. The van der Waals surface area contributed by atoms with E-state index in [1.807, 2.05) is 18.2 Å². The highest BCUT2D eigenvalue weighted by Crippen LogP contribution is 2.27. The van der Waals surface area contributed by atoms with Gasteiger partial charge in [0.25, 0.3) is 0 Å². The van der Waals surface area contributed by atoms with Gasteiger partial charge in [0, 0.05) is 6.54 Å². The molecule has 9 heteroatoms. The van der Waals surface area contributed by atoms with Crippen LogP contribution in [0.2, 0.25) is 0 Å². The number of H-pyrrole nitrogens is 2. The summed E-state index contributed by atoms with van der Waals surface area (Å²) in [6.45, 7) is 0.536. The number of ether oxygens (including phenoxy) is 2. The van der Waals surface area contributed by atoms with E-state index in [0.717, 1.165) is 5.56 Å². The quantitative estimate of drug-likeness (QED) is 0.613. The smallest absolute Gasteiger partial charge is 0.340 e. The molecular weight excluding hydrogens is 332 g/mol. The van der Waals surface area contributed by atoms with Gasteiger partial charge < -0.3 is 14.8 Å². The third-order valence-corrected chi connectivity index (χ3v) is 4.15. The number of aromatic amines is 2. The molecule has 3 N–H and O–H groups in total. The molecule has 2 rings (SSSR count). The van der Waals surface area contributed by atoms with Crippen LogP contribution in [0.15, 0.2) is 23.0 Å². The zero-order valence-corrected chi connectivity index (χ0v) is 14.4. The van der Waals surface area contributed by atoms with Crippen LogP contribution in [-0.4, -0.2) is 47.6 Å². The van der Waals surface area contributed by atoms with Crippen LogP contribution in [0.25, 0.3) is 0 Å². The second kappa shape index (κ2) is 9.02. The molecule has 24 heavy (non-hydrogen) atoms. The van der Waals surface area contributed by atoms with Crippen molar-refractivity contribution >= 4 is 17.7 Å². The number of aromatic nitrogens is 3. The molecule has 0 atom stereocenters. The standard InChI is InChI=1S/C15H20N4O4S/c1-22-11-4-3-10(7-12(11)23-2)5-6-16-14(20)9-24-8-13-17-15(21)19-18-13/h3-4,7H,5-6,8-9H2,1-2H3,(H,16,20)(H2,17,18,19,21). The van der Waals surface area contributed by atoms with Gasteiger partial charge in [-0.25, -0.2) is 9.89 Å². The Labute approximate surface area is 143 Å². The second-order valence-electron chi connectivity index (χ2n) is 4.91. The van der Waals surface area contributed by atoms with E-state index < -0.39 is 0 Å². The zero-order chi connectivity index (χ0) is 17.4. The van der Waals surface area contributed by atoms with E-state index in [0.29, 0.717) is 41.8 Å². The summed E-state index contributed by atoms with van der Waals surface area (Å²) in [5, 5.41) is 8.92. The summed E-state index contributed by atoms with van der Waals surface area (Å²) in [5.41, 5.74) is 0.708. The normalized spacial score (nSPS) is 10.4. The SMILES string of the molecule is COc1ccc(CCNC(=O)CSCc2n[nH]c(=O)[nH]2)cc1OC. The maximum atomic E-state index is 11.8. The number of benzene rings is 1. The van der Waals surface area contributed by atoms with Gasteiger partial charge in [-0.1, -0.05) is 6.07 Å². The van der Waals surface area contributed by atoms with Crippen LogP contribution in [0.5, 0.6) is 11.5 Å². The fourth-order valence-corrected chi connectivity index (χ4v) is 2.77. The van der Waals surface area contributed by atoms with Gasteiger partial charge in [-0.2, -0.15) is 5.10 Å². The largest absolute Gasteiger partial charge is 0.493 e. The second-order valence-corrected chi connectivity index (χ2v) is 5.89. The number of thioether (sulfide) groups is 1. The summed E-state index contributed by atoms with van der Waals surface area (Å²) >= 11 is 1.38. The predicted molar refractivity (Wildman–Crippen MR) is 91.6 cm³/mol. The highest BCUT2D eigenvalue weighted by Gasteiger charge is 2.06. The summed E-state index contributed by atoms with van der Waals surface area (Å²) < 4.78 is 10.4. The average Bonchev–Trinajstić information content (AvgIpc) is 3.00. The van der Waals surface area contributed by atoms with E-state index in [1.54, 1.807) is 14.2 Å². The lowest BCUT2D eigenvalue weighted by atomic mass is 10.1. The van der Waals surface area contributed by atoms with E-state index in [1.165, 1.54) is 11.8 Å². The lowest BCUT2D eigenvalue weighted by Crippen LogP contribution is -2.27. The van der Waals surface area contributed by atoms with Crippen molar-refractivity contribution < 1.29 is 14.3 Å². The zero-order valence-electron chi connectivity index (χ0n) is 13.5. The fraction of sp³-hybridized carbons (Fsp3) is 0.400. The Morgan fingerprint density at radius 1 is 1.29 bits per heavy atom. The Balaban J connectivity index is 1.69. The van der Waals surface area contributed by atoms with Crippen molar-refractivity contribution in [2.45, 2.75) is 12.2 Å². The maximum absolute atomic E-state index is 11.8. The number of carbonyl (C=O) groups is 1. The molecule has 0 spiro atoms. The van der Waals surface area contributed by atoms with E-state index in [2.05, 4.69) is 20.5 Å². The lowest BCUT2D eigenvalue weighted by Gasteiger charge is -2.10. The number of methoxy groups -OCH3 is 2. The van der Waals surface area contributed by atoms with Gasteiger partial charge in [-0.15, -0.1) is 11.8 Å². The maximum Gasteiger partial charge on any atom is 0.340 e. The van der Waals surface area contributed by atoms with Gasteiger partial charge in [0.15, 0.2) is 11.5 Å².